The molecule has 0 aliphatic heterocycles. The van der Waals surface area contributed by atoms with Gasteiger partial charge in [-0.1, -0.05) is 12.1 Å². The first-order chi connectivity index (χ1) is 12.4. The van der Waals surface area contributed by atoms with Gasteiger partial charge in [-0.2, -0.15) is 0 Å². The summed E-state index contributed by atoms with van der Waals surface area (Å²) in [4.78, 5) is 22.0. The van der Waals surface area contributed by atoms with E-state index in [4.69, 9.17) is 9.47 Å². The minimum atomic E-state index is -0.473. The molecule has 0 aliphatic carbocycles. The molecule has 26 heavy (non-hydrogen) atoms. The molecule has 0 bridgehead atoms. The summed E-state index contributed by atoms with van der Waals surface area (Å²) in [6.45, 7) is 4.56. The fourth-order valence-electron chi connectivity index (χ4n) is 2.17. The number of benzene rings is 2. The molecular weight excluding hydrogens is 336 g/mol. The molecule has 7 nitrogen and oxygen atoms in total. The van der Waals surface area contributed by atoms with Crippen LogP contribution in [0.2, 0.25) is 0 Å². The number of hydrogen-bond acceptors (Lipinski definition) is 5. The van der Waals surface area contributed by atoms with E-state index in [1.54, 1.807) is 0 Å². The van der Waals surface area contributed by atoms with Crippen molar-refractivity contribution in [2.45, 2.75) is 32.9 Å². The summed E-state index contributed by atoms with van der Waals surface area (Å²) in [5.41, 5.74) is 0.977. The standard InChI is InChI=1S/C19H22N2O5/c1-14(2)26-18-7-3-15(4-8-18)13-20-19(22)11-12-25-17-9-5-16(6-10-17)21(23)24/h3-10,14H,11-13H2,1-2H3,(H,20,22). The van der Waals surface area contributed by atoms with Gasteiger partial charge in [0, 0.05) is 18.7 Å². The Bertz CT molecular complexity index is 727. The largest absolute Gasteiger partial charge is 0.493 e. The Morgan fingerprint density at radius 1 is 1.08 bits per heavy atom. The Morgan fingerprint density at radius 2 is 1.69 bits per heavy atom. The number of ether oxygens (including phenoxy) is 2. The van der Waals surface area contributed by atoms with E-state index in [-0.39, 0.29) is 30.7 Å². The van der Waals surface area contributed by atoms with Crippen LogP contribution < -0.4 is 14.8 Å². The molecule has 0 saturated heterocycles. The zero-order valence-corrected chi connectivity index (χ0v) is 14.8. The third kappa shape index (κ3) is 6.43. The lowest BCUT2D eigenvalue weighted by atomic mass is 10.2. The molecule has 7 heteroatoms. The molecule has 1 amide bonds. The van der Waals surface area contributed by atoms with Crippen LogP contribution in [0.1, 0.15) is 25.8 Å². The van der Waals surface area contributed by atoms with E-state index < -0.39 is 4.92 Å². The third-order valence-electron chi connectivity index (χ3n) is 3.43. The van der Waals surface area contributed by atoms with Crippen LogP contribution in [0.15, 0.2) is 48.5 Å². The van der Waals surface area contributed by atoms with Crippen molar-refractivity contribution in [3.63, 3.8) is 0 Å². The third-order valence-corrected chi connectivity index (χ3v) is 3.43. The van der Waals surface area contributed by atoms with Crippen LogP contribution >= 0.6 is 0 Å². The molecule has 0 saturated carbocycles. The van der Waals surface area contributed by atoms with Gasteiger partial charge in [-0.3, -0.25) is 14.9 Å². The molecule has 0 radical (unpaired) electrons. The lowest BCUT2D eigenvalue weighted by molar-refractivity contribution is -0.384. The molecule has 0 aromatic heterocycles. The molecule has 0 atom stereocenters. The van der Waals surface area contributed by atoms with Crippen LogP contribution in [0, 0.1) is 10.1 Å². The molecule has 0 unspecified atom stereocenters. The van der Waals surface area contributed by atoms with Crippen molar-refractivity contribution < 1.29 is 19.2 Å². The highest BCUT2D eigenvalue weighted by Crippen LogP contribution is 2.17. The minimum Gasteiger partial charge on any atom is -0.493 e. The summed E-state index contributed by atoms with van der Waals surface area (Å²) < 4.78 is 11.0. The summed E-state index contributed by atoms with van der Waals surface area (Å²) in [7, 11) is 0. The van der Waals surface area contributed by atoms with E-state index in [1.807, 2.05) is 38.1 Å². The molecule has 0 fully saturated rings. The first-order valence-electron chi connectivity index (χ1n) is 8.33. The van der Waals surface area contributed by atoms with E-state index in [2.05, 4.69) is 5.32 Å². The Kier molecular flexibility index (Phi) is 6.96. The monoisotopic (exact) mass is 358 g/mol. The predicted molar refractivity (Wildman–Crippen MR) is 97.3 cm³/mol. The molecular formula is C19H22N2O5. The summed E-state index contributed by atoms with van der Waals surface area (Å²) >= 11 is 0. The second-order valence-electron chi connectivity index (χ2n) is 5.94. The highest BCUT2D eigenvalue weighted by molar-refractivity contribution is 5.76. The van der Waals surface area contributed by atoms with Gasteiger partial charge < -0.3 is 14.8 Å². The smallest absolute Gasteiger partial charge is 0.269 e. The number of nitro benzene ring substituents is 1. The highest BCUT2D eigenvalue weighted by Gasteiger charge is 2.06. The first kappa shape index (κ1) is 19.2. The number of hydrogen-bond donors (Lipinski definition) is 1. The number of carbonyl (C=O) groups excluding carboxylic acids is 1. The molecule has 2 aromatic rings. The number of nitrogens with zero attached hydrogens (tertiary/aromatic N) is 1. The quantitative estimate of drug-likeness (QED) is 0.547. The van der Waals surface area contributed by atoms with Crippen LogP contribution in [0.25, 0.3) is 0 Å². The maximum absolute atomic E-state index is 11.9. The van der Waals surface area contributed by atoms with Crippen LogP contribution in [0.3, 0.4) is 0 Å². The summed E-state index contributed by atoms with van der Waals surface area (Å²) in [6, 6.07) is 13.3. The number of rotatable bonds is 9. The number of nitro groups is 1. The average Bonchev–Trinajstić information content (AvgIpc) is 2.61. The molecule has 0 heterocycles. The second kappa shape index (κ2) is 9.41. The van der Waals surface area contributed by atoms with E-state index in [0.29, 0.717) is 12.3 Å². The normalized spacial score (nSPS) is 10.4. The number of non-ortho nitro benzene ring substituents is 1. The average molecular weight is 358 g/mol. The summed E-state index contributed by atoms with van der Waals surface area (Å²) in [5.74, 6) is 1.16. The topological polar surface area (TPSA) is 90.7 Å². The molecule has 1 N–H and O–H groups in total. The highest BCUT2D eigenvalue weighted by atomic mass is 16.6. The number of amides is 1. The summed E-state index contributed by atoms with van der Waals surface area (Å²) in [5, 5.41) is 13.4. The maximum atomic E-state index is 11.9. The van der Waals surface area contributed by atoms with E-state index in [1.165, 1.54) is 24.3 Å². The zero-order chi connectivity index (χ0) is 18.9. The van der Waals surface area contributed by atoms with Gasteiger partial charge in [0.05, 0.1) is 24.1 Å². The minimum absolute atomic E-state index is 0.0000872. The van der Waals surface area contributed by atoms with E-state index >= 15 is 0 Å². The Morgan fingerprint density at radius 3 is 2.27 bits per heavy atom. The van der Waals surface area contributed by atoms with Crippen LogP contribution in [-0.4, -0.2) is 23.5 Å². The van der Waals surface area contributed by atoms with Crippen LogP contribution in [0.5, 0.6) is 11.5 Å². The fourth-order valence-corrected chi connectivity index (χ4v) is 2.17. The lowest BCUT2D eigenvalue weighted by Crippen LogP contribution is -2.24. The van der Waals surface area contributed by atoms with Crippen molar-refractivity contribution in [3.05, 3.63) is 64.2 Å². The Hall–Kier alpha value is -3.09. The summed E-state index contributed by atoms with van der Waals surface area (Å²) in [6.07, 6.45) is 0.322. The van der Waals surface area contributed by atoms with Gasteiger partial charge in [-0.25, -0.2) is 0 Å². The number of carbonyl (C=O) groups is 1. The molecule has 0 spiro atoms. The Labute approximate surface area is 152 Å². The fraction of sp³-hybridized carbons (Fsp3) is 0.316. The van der Waals surface area contributed by atoms with Gasteiger partial charge >= 0.3 is 0 Å². The number of nitrogens with one attached hydrogen (secondary N) is 1. The Balaban J connectivity index is 1.69. The van der Waals surface area contributed by atoms with Gasteiger partial charge in [0.15, 0.2) is 0 Å². The predicted octanol–water partition coefficient (Wildman–Crippen LogP) is 3.47. The van der Waals surface area contributed by atoms with Gasteiger partial charge in [-0.05, 0) is 43.7 Å². The van der Waals surface area contributed by atoms with Crippen molar-refractivity contribution in [2.24, 2.45) is 0 Å². The second-order valence-corrected chi connectivity index (χ2v) is 5.94. The van der Waals surface area contributed by atoms with Crippen molar-refractivity contribution in [3.8, 4) is 11.5 Å². The zero-order valence-electron chi connectivity index (χ0n) is 14.8. The molecule has 2 rings (SSSR count). The first-order valence-corrected chi connectivity index (χ1v) is 8.33. The van der Waals surface area contributed by atoms with E-state index in [9.17, 15) is 14.9 Å². The van der Waals surface area contributed by atoms with Gasteiger partial charge in [0.1, 0.15) is 11.5 Å². The van der Waals surface area contributed by atoms with Gasteiger partial charge in [0.2, 0.25) is 5.91 Å². The van der Waals surface area contributed by atoms with Crippen LogP contribution in [0.4, 0.5) is 5.69 Å². The van der Waals surface area contributed by atoms with Crippen molar-refractivity contribution >= 4 is 11.6 Å². The molecule has 0 aliphatic rings. The lowest BCUT2D eigenvalue weighted by Gasteiger charge is -2.10. The maximum Gasteiger partial charge on any atom is 0.269 e. The van der Waals surface area contributed by atoms with Crippen molar-refractivity contribution in [2.75, 3.05) is 6.61 Å². The molecule has 138 valence electrons. The van der Waals surface area contributed by atoms with Crippen molar-refractivity contribution in [1.29, 1.82) is 0 Å². The van der Waals surface area contributed by atoms with Crippen molar-refractivity contribution in [1.82, 2.24) is 5.32 Å². The molecule has 2 aromatic carbocycles. The van der Waals surface area contributed by atoms with E-state index in [0.717, 1.165) is 11.3 Å². The van der Waals surface area contributed by atoms with Crippen LogP contribution in [-0.2, 0) is 11.3 Å². The SMILES string of the molecule is CC(C)Oc1ccc(CNC(=O)CCOc2ccc([N+](=O)[O-])cc2)cc1. The van der Waals surface area contributed by atoms with Gasteiger partial charge in [0.25, 0.3) is 5.69 Å². The van der Waals surface area contributed by atoms with Gasteiger partial charge in [-0.15, -0.1) is 0 Å².